The van der Waals surface area contributed by atoms with Gasteiger partial charge in [-0.15, -0.1) is 0 Å². The first-order valence-electron chi connectivity index (χ1n) is 9.90. The van der Waals surface area contributed by atoms with Gasteiger partial charge in [0.15, 0.2) is 0 Å². The highest BCUT2D eigenvalue weighted by Crippen LogP contribution is 2.34. The van der Waals surface area contributed by atoms with Gasteiger partial charge < -0.3 is 20.3 Å². The van der Waals surface area contributed by atoms with Crippen molar-refractivity contribution in [2.75, 3.05) is 36.8 Å². The zero-order valence-electron chi connectivity index (χ0n) is 16.4. The predicted molar refractivity (Wildman–Crippen MR) is 106 cm³/mol. The summed E-state index contributed by atoms with van der Waals surface area (Å²) in [4.78, 5) is 16.6. The molecule has 1 aromatic carbocycles. The number of hydrogen-bond acceptors (Lipinski definition) is 4. The first-order chi connectivity index (χ1) is 12.3. The van der Waals surface area contributed by atoms with Crippen LogP contribution in [-0.2, 0) is 4.74 Å². The lowest BCUT2D eigenvalue weighted by molar-refractivity contribution is 0.0152. The van der Waals surface area contributed by atoms with Gasteiger partial charge in [0.1, 0.15) is 5.60 Å². The standard InChI is InChI=1S/C21H33N3O2/c1-21(2,3)26-20(25)24-14-10-17(11-15-24)16-8-12-23(13-9-16)19-6-4-18(22)5-7-19/h4-7,16-17H,8-15,22H2,1-3H3. The molecule has 3 rings (SSSR count). The number of amides is 1. The summed E-state index contributed by atoms with van der Waals surface area (Å²) in [5.74, 6) is 1.52. The molecule has 0 spiro atoms. The van der Waals surface area contributed by atoms with Crippen LogP contribution in [-0.4, -0.2) is 42.8 Å². The van der Waals surface area contributed by atoms with Gasteiger partial charge in [-0.05, 0) is 82.6 Å². The second-order valence-corrected chi connectivity index (χ2v) is 8.72. The second-order valence-electron chi connectivity index (χ2n) is 8.72. The van der Waals surface area contributed by atoms with Crippen LogP contribution in [0.1, 0.15) is 46.5 Å². The molecule has 2 saturated heterocycles. The summed E-state index contributed by atoms with van der Waals surface area (Å²) in [7, 11) is 0. The highest BCUT2D eigenvalue weighted by Gasteiger charge is 2.32. The van der Waals surface area contributed by atoms with Crippen LogP contribution in [0, 0.1) is 11.8 Å². The largest absolute Gasteiger partial charge is 0.444 e. The minimum Gasteiger partial charge on any atom is -0.444 e. The smallest absolute Gasteiger partial charge is 0.410 e. The molecule has 0 saturated carbocycles. The maximum Gasteiger partial charge on any atom is 0.410 e. The highest BCUT2D eigenvalue weighted by atomic mass is 16.6. The Labute approximate surface area is 157 Å². The molecule has 5 heteroatoms. The summed E-state index contributed by atoms with van der Waals surface area (Å²) in [6.45, 7) is 9.66. The molecule has 0 radical (unpaired) electrons. The SMILES string of the molecule is CC(C)(C)OC(=O)N1CCC(C2CCN(c3ccc(N)cc3)CC2)CC1. The highest BCUT2D eigenvalue weighted by molar-refractivity contribution is 5.68. The zero-order valence-corrected chi connectivity index (χ0v) is 16.4. The van der Waals surface area contributed by atoms with Crippen molar-refractivity contribution < 1.29 is 9.53 Å². The maximum absolute atomic E-state index is 12.2. The molecule has 2 heterocycles. The van der Waals surface area contributed by atoms with Crippen LogP contribution in [0.5, 0.6) is 0 Å². The lowest BCUT2D eigenvalue weighted by atomic mass is 9.79. The predicted octanol–water partition coefficient (Wildman–Crippen LogP) is 4.13. The van der Waals surface area contributed by atoms with E-state index in [4.69, 9.17) is 10.5 Å². The van der Waals surface area contributed by atoms with Crippen LogP contribution in [0.15, 0.2) is 24.3 Å². The Morgan fingerprint density at radius 2 is 1.46 bits per heavy atom. The average molecular weight is 360 g/mol. The molecule has 1 amide bonds. The van der Waals surface area contributed by atoms with Crippen LogP contribution >= 0.6 is 0 Å². The number of benzene rings is 1. The number of likely N-dealkylation sites (tertiary alicyclic amines) is 1. The maximum atomic E-state index is 12.2. The molecule has 0 aromatic heterocycles. The number of nitrogens with zero attached hydrogens (tertiary/aromatic N) is 2. The average Bonchev–Trinajstić information content (AvgIpc) is 2.61. The van der Waals surface area contributed by atoms with E-state index in [9.17, 15) is 4.79 Å². The molecule has 26 heavy (non-hydrogen) atoms. The Hall–Kier alpha value is -1.91. The van der Waals surface area contributed by atoms with Crippen molar-refractivity contribution in [1.82, 2.24) is 4.90 Å². The summed E-state index contributed by atoms with van der Waals surface area (Å²) >= 11 is 0. The Balaban J connectivity index is 1.45. The molecule has 0 bridgehead atoms. The Morgan fingerprint density at radius 1 is 0.962 bits per heavy atom. The monoisotopic (exact) mass is 359 g/mol. The van der Waals surface area contributed by atoms with E-state index >= 15 is 0 Å². The number of nitrogen functional groups attached to an aromatic ring is 1. The van der Waals surface area contributed by atoms with Crippen molar-refractivity contribution in [2.24, 2.45) is 11.8 Å². The molecule has 2 fully saturated rings. The van der Waals surface area contributed by atoms with Gasteiger partial charge in [0, 0.05) is 37.6 Å². The summed E-state index contributed by atoms with van der Waals surface area (Å²) in [5, 5.41) is 0. The summed E-state index contributed by atoms with van der Waals surface area (Å²) < 4.78 is 5.50. The number of nitrogens with two attached hydrogens (primary N) is 1. The molecule has 0 unspecified atom stereocenters. The fourth-order valence-electron chi connectivity index (χ4n) is 4.19. The number of carbonyl (C=O) groups is 1. The number of piperidine rings is 2. The number of anilines is 2. The van der Waals surface area contributed by atoms with Crippen molar-refractivity contribution >= 4 is 17.5 Å². The van der Waals surface area contributed by atoms with Gasteiger partial charge in [-0.1, -0.05) is 0 Å². The molecular weight excluding hydrogens is 326 g/mol. The van der Waals surface area contributed by atoms with Crippen LogP contribution in [0.4, 0.5) is 16.2 Å². The Kier molecular flexibility index (Phi) is 5.64. The van der Waals surface area contributed by atoms with Gasteiger partial charge >= 0.3 is 6.09 Å². The van der Waals surface area contributed by atoms with E-state index in [0.717, 1.165) is 56.5 Å². The summed E-state index contributed by atoms with van der Waals surface area (Å²) in [6, 6.07) is 8.20. The molecule has 5 nitrogen and oxygen atoms in total. The number of carbonyl (C=O) groups excluding carboxylic acids is 1. The quantitative estimate of drug-likeness (QED) is 0.807. The van der Waals surface area contributed by atoms with E-state index in [0.29, 0.717) is 0 Å². The molecule has 144 valence electrons. The van der Waals surface area contributed by atoms with Crippen molar-refractivity contribution in [3.63, 3.8) is 0 Å². The number of ether oxygens (including phenoxy) is 1. The van der Waals surface area contributed by atoms with Crippen molar-refractivity contribution in [3.05, 3.63) is 24.3 Å². The third kappa shape index (κ3) is 4.83. The van der Waals surface area contributed by atoms with E-state index in [-0.39, 0.29) is 6.09 Å². The third-order valence-electron chi connectivity index (χ3n) is 5.66. The van der Waals surface area contributed by atoms with Crippen molar-refractivity contribution in [2.45, 2.75) is 52.1 Å². The van der Waals surface area contributed by atoms with Gasteiger partial charge in [-0.25, -0.2) is 4.79 Å². The molecule has 0 atom stereocenters. The molecular formula is C21H33N3O2. The Bertz CT molecular complexity index is 593. The van der Waals surface area contributed by atoms with Gasteiger partial charge in [-0.3, -0.25) is 0 Å². The molecule has 1 aromatic rings. The molecule has 2 aliphatic heterocycles. The van der Waals surface area contributed by atoms with E-state index in [1.165, 1.54) is 18.5 Å². The zero-order chi connectivity index (χ0) is 18.7. The van der Waals surface area contributed by atoms with E-state index < -0.39 is 5.60 Å². The van der Waals surface area contributed by atoms with Crippen molar-refractivity contribution in [3.8, 4) is 0 Å². The molecule has 2 aliphatic rings. The summed E-state index contributed by atoms with van der Waals surface area (Å²) in [5.41, 5.74) is 7.47. The lowest BCUT2D eigenvalue weighted by Crippen LogP contribution is -2.44. The number of rotatable bonds is 2. The van der Waals surface area contributed by atoms with Crippen LogP contribution in [0.2, 0.25) is 0 Å². The fraction of sp³-hybridized carbons (Fsp3) is 0.667. The number of hydrogen-bond donors (Lipinski definition) is 1. The topological polar surface area (TPSA) is 58.8 Å². The van der Waals surface area contributed by atoms with E-state index in [1.54, 1.807) is 0 Å². The van der Waals surface area contributed by atoms with Crippen LogP contribution in [0.3, 0.4) is 0 Å². The second kappa shape index (κ2) is 7.77. The summed E-state index contributed by atoms with van der Waals surface area (Å²) in [6.07, 6.45) is 4.52. The van der Waals surface area contributed by atoms with E-state index in [2.05, 4.69) is 17.0 Å². The van der Waals surface area contributed by atoms with Crippen LogP contribution < -0.4 is 10.6 Å². The minimum atomic E-state index is -0.414. The van der Waals surface area contributed by atoms with Gasteiger partial charge in [-0.2, -0.15) is 0 Å². The van der Waals surface area contributed by atoms with E-state index in [1.807, 2.05) is 37.8 Å². The Morgan fingerprint density at radius 3 is 1.96 bits per heavy atom. The van der Waals surface area contributed by atoms with Crippen molar-refractivity contribution in [1.29, 1.82) is 0 Å². The third-order valence-corrected chi connectivity index (χ3v) is 5.66. The first kappa shape index (κ1) is 18.9. The van der Waals surface area contributed by atoms with Gasteiger partial charge in [0.2, 0.25) is 0 Å². The molecule has 2 N–H and O–H groups in total. The lowest BCUT2D eigenvalue weighted by Gasteiger charge is -2.41. The normalized spacial score (nSPS) is 20.3. The van der Waals surface area contributed by atoms with Crippen LogP contribution in [0.25, 0.3) is 0 Å². The first-order valence-corrected chi connectivity index (χ1v) is 9.90. The fourth-order valence-corrected chi connectivity index (χ4v) is 4.19. The molecule has 0 aliphatic carbocycles. The van der Waals surface area contributed by atoms with Gasteiger partial charge in [0.25, 0.3) is 0 Å². The van der Waals surface area contributed by atoms with Gasteiger partial charge in [0.05, 0.1) is 0 Å². The minimum absolute atomic E-state index is 0.158.